The lowest BCUT2D eigenvalue weighted by molar-refractivity contribution is 0.178. The van der Waals surface area contributed by atoms with Gasteiger partial charge in [-0.1, -0.05) is 35.3 Å². The summed E-state index contributed by atoms with van der Waals surface area (Å²) >= 11 is 12.0. The topological polar surface area (TPSA) is 38.0 Å². The van der Waals surface area contributed by atoms with E-state index in [9.17, 15) is 5.11 Å². The van der Waals surface area contributed by atoms with Crippen LogP contribution in [-0.2, 0) is 13.5 Å². The van der Waals surface area contributed by atoms with E-state index in [1.54, 1.807) is 23.9 Å². The third kappa shape index (κ3) is 2.69. The van der Waals surface area contributed by atoms with Gasteiger partial charge < -0.3 is 5.11 Å². The van der Waals surface area contributed by atoms with Crippen molar-refractivity contribution >= 4 is 23.2 Å². The van der Waals surface area contributed by atoms with Crippen molar-refractivity contribution in [2.75, 3.05) is 0 Å². The van der Waals surface area contributed by atoms with E-state index >= 15 is 0 Å². The van der Waals surface area contributed by atoms with Gasteiger partial charge in [-0.15, -0.1) is 0 Å². The van der Waals surface area contributed by atoms with Gasteiger partial charge in [-0.05, 0) is 24.6 Å². The normalized spacial score (nSPS) is 12.7. The Morgan fingerprint density at radius 1 is 1.39 bits per heavy atom. The quantitative estimate of drug-likeness (QED) is 0.939. The predicted octanol–water partition coefficient (Wildman–Crippen LogP) is 3.31. The second-order valence-electron chi connectivity index (χ2n) is 4.25. The molecule has 1 aromatic carbocycles. The first-order valence-corrected chi connectivity index (χ1v) is 6.36. The molecule has 1 heterocycles. The van der Waals surface area contributed by atoms with Crippen LogP contribution in [0.3, 0.4) is 0 Å². The smallest absolute Gasteiger partial charge is 0.130 e. The number of hydrogen-bond donors (Lipinski definition) is 1. The molecular weight excluding hydrogens is 271 g/mol. The summed E-state index contributed by atoms with van der Waals surface area (Å²) < 4.78 is 1.61. The highest BCUT2D eigenvalue weighted by Gasteiger charge is 2.16. The fraction of sp³-hybridized carbons (Fsp3) is 0.308. The molecule has 0 aliphatic rings. The molecule has 3 nitrogen and oxygen atoms in total. The molecule has 0 fully saturated rings. The summed E-state index contributed by atoms with van der Waals surface area (Å²) in [6.07, 6.45) is -0.206. The van der Waals surface area contributed by atoms with E-state index in [0.717, 1.165) is 16.8 Å². The Balaban J connectivity index is 2.24. The maximum atomic E-state index is 10.2. The van der Waals surface area contributed by atoms with Gasteiger partial charge in [-0.25, -0.2) is 0 Å². The number of aliphatic hydroxyl groups excluding tert-OH is 1. The summed E-state index contributed by atoms with van der Waals surface area (Å²) in [4.78, 5) is 0. The van der Waals surface area contributed by atoms with Crippen LogP contribution < -0.4 is 0 Å². The van der Waals surface area contributed by atoms with Crippen molar-refractivity contribution in [1.82, 2.24) is 9.78 Å². The van der Waals surface area contributed by atoms with Gasteiger partial charge in [0.2, 0.25) is 0 Å². The van der Waals surface area contributed by atoms with Crippen molar-refractivity contribution in [2.45, 2.75) is 19.4 Å². The minimum atomic E-state index is -0.635. The van der Waals surface area contributed by atoms with Crippen LogP contribution in [0.1, 0.15) is 22.9 Å². The van der Waals surface area contributed by atoms with Crippen LogP contribution in [0.5, 0.6) is 0 Å². The van der Waals surface area contributed by atoms with Gasteiger partial charge in [0.05, 0.1) is 11.8 Å². The van der Waals surface area contributed by atoms with Gasteiger partial charge in [0, 0.05) is 24.1 Å². The van der Waals surface area contributed by atoms with Crippen molar-refractivity contribution in [3.63, 3.8) is 0 Å². The fourth-order valence-electron chi connectivity index (χ4n) is 1.93. The number of aromatic nitrogens is 2. The second kappa shape index (κ2) is 5.31. The van der Waals surface area contributed by atoms with Crippen molar-refractivity contribution in [2.24, 2.45) is 7.05 Å². The summed E-state index contributed by atoms with van der Waals surface area (Å²) in [5.41, 5.74) is 2.48. The van der Waals surface area contributed by atoms with Crippen LogP contribution in [0.15, 0.2) is 24.3 Å². The Hall–Kier alpha value is -1.03. The molecule has 0 amide bonds. The third-order valence-electron chi connectivity index (χ3n) is 2.90. The van der Waals surface area contributed by atoms with Crippen LogP contribution >= 0.6 is 23.2 Å². The van der Waals surface area contributed by atoms with E-state index in [4.69, 9.17) is 23.2 Å². The van der Waals surface area contributed by atoms with Crippen LogP contribution in [0.4, 0.5) is 0 Å². The highest BCUT2D eigenvalue weighted by Crippen LogP contribution is 2.26. The van der Waals surface area contributed by atoms with Crippen LogP contribution in [0.25, 0.3) is 0 Å². The van der Waals surface area contributed by atoms with Crippen LogP contribution in [0.2, 0.25) is 10.2 Å². The summed E-state index contributed by atoms with van der Waals surface area (Å²) in [6.45, 7) is 1.88. The van der Waals surface area contributed by atoms with E-state index in [2.05, 4.69) is 5.10 Å². The Kier molecular flexibility index (Phi) is 3.95. The van der Waals surface area contributed by atoms with E-state index in [1.165, 1.54) is 0 Å². The molecule has 0 aliphatic carbocycles. The maximum Gasteiger partial charge on any atom is 0.130 e. The Morgan fingerprint density at radius 2 is 2.11 bits per heavy atom. The molecule has 2 aromatic rings. The zero-order valence-corrected chi connectivity index (χ0v) is 11.7. The Morgan fingerprint density at radius 3 is 2.67 bits per heavy atom. The lowest BCUT2D eigenvalue weighted by Crippen LogP contribution is -2.02. The first-order valence-electron chi connectivity index (χ1n) is 5.60. The van der Waals surface area contributed by atoms with E-state index < -0.39 is 6.10 Å². The molecule has 1 atom stereocenters. The van der Waals surface area contributed by atoms with Crippen LogP contribution in [0, 0.1) is 6.92 Å². The molecule has 1 N–H and O–H groups in total. The maximum absolute atomic E-state index is 10.2. The molecule has 0 spiro atoms. The molecule has 0 bridgehead atoms. The summed E-state index contributed by atoms with van der Waals surface area (Å²) in [5.74, 6) is 0. The average molecular weight is 285 g/mol. The SMILES string of the molecule is Cc1nn(C)c(Cl)c1CC(O)c1cccc(Cl)c1. The number of halogens is 2. The molecule has 96 valence electrons. The number of benzene rings is 1. The summed E-state index contributed by atoms with van der Waals surface area (Å²) in [7, 11) is 1.78. The number of rotatable bonds is 3. The lowest BCUT2D eigenvalue weighted by atomic mass is 10.0. The predicted molar refractivity (Wildman–Crippen MR) is 73.1 cm³/mol. The van der Waals surface area contributed by atoms with Crippen molar-refractivity contribution in [3.8, 4) is 0 Å². The van der Waals surface area contributed by atoms with Crippen molar-refractivity contribution in [3.05, 3.63) is 51.3 Å². The third-order valence-corrected chi connectivity index (χ3v) is 3.61. The molecular formula is C13H14Cl2N2O. The zero-order valence-electron chi connectivity index (χ0n) is 10.2. The molecule has 0 saturated carbocycles. The van der Waals surface area contributed by atoms with E-state index in [-0.39, 0.29) is 0 Å². The number of hydrogen-bond acceptors (Lipinski definition) is 2. The molecule has 2 rings (SSSR count). The number of nitrogens with zero attached hydrogens (tertiary/aromatic N) is 2. The first kappa shape index (κ1) is 13.4. The molecule has 0 saturated heterocycles. The monoisotopic (exact) mass is 284 g/mol. The highest BCUT2D eigenvalue weighted by molar-refractivity contribution is 6.30. The standard InChI is InChI=1S/C13H14Cl2N2O/c1-8-11(13(15)17(2)16-8)7-12(18)9-4-3-5-10(14)6-9/h3-6,12,18H,7H2,1-2H3. The molecule has 0 radical (unpaired) electrons. The lowest BCUT2D eigenvalue weighted by Gasteiger charge is -2.11. The first-order chi connectivity index (χ1) is 8.49. The van der Waals surface area contributed by atoms with Gasteiger partial charge in [0.25, 0.3) is 0 Å². The highest BCUT2D eigenvalue weighted by atomic mass is 35.5. The summed E-state index contributed by atoms with van der Waals surface area (Å²) in [5, 5.41) is 15.6. The molecule has 0 aliphatic heterocycles. The fourth-order valence-corrected chi connectivity index (χ4v) is 2.38. The largest absolute Gasteiger partial charge is 0.388 e. The molecule has 1 aromatic heterocycles. The number of aryl methyl sites for hydroxylation is 2. The van der Waals surface area contributed by atoms with E-state index in [1.807, 2.05) is 19.1 Å². The zero-order chi connectivity index (χ0) is 13.3. The van der Waals surface area contributed by atoms with Gasteiger partial charge in [0.15, 0.2) is 0 Å². The minimum Gasteiger partial charge on any atom is -0.388 e. The number of aliphatic hydroxyl groups is 1. The average Bonchev–Trinajstić information content (AvgIpc) is 2.56. The van der Waals surface area contributed by atoms with Gasteiger partial charge in [-0.2, -0.15) is 5.10 Å². The summed E-state index contributed by atoms with van der Waals surface area (Å²) in [6, 6.07) is 7.20. The second-order valence-corrected chi connectivity index (χ2v) is 5.05. The van der Waals surface area contributed by atoms with Crippen molar-refractivity contribution < 1.29 is 5.11 Å². The van der Waals surface area contributed by atoms with Gasteiger partial charge in [-0.3, -0.25) is 4.68 Å². The molecule has 5 heteroatoms. The molecule has 18 heavy (non-hydrogen) atoms. The Labute approximate surface area is 116 Å². The van der Waals surface area contributed by atoms with Gasteiger partial charge >= 0.3 is 0 Å². The van der Waals surface area contributed by atoms with Crippen LogP contribution in [-0.4, -0.2) is 14.9 Å². The van der Waals surface area contributed by atoms with Gasteiger partial charge in [0.1, 0.15) is 5.15 Å². The minimum absolute atomic E-state index is 0.429. The molecule has 1 unspecified atom stereocenters. The Bertz CT molecular complexity index is 566. The van der Waals surface area contributed by atoms with E-state index in [0.29, 0.717) is 16.6 Å². The van der Waals surface area contributed by atoms with Crippen molar-refractivity contribution in [1.29, 1.82) is 0 Å².